The standard InChI is InChI=1S/C32H43N3O2/c36-31(32-18-27-15-28(19-32)17-29(16-27)20-32)33-30(24-37-23-26-9-5-2-6-10-26)22-35-13-11-34(12-14-35)21-25-7-3-1-4-8-25/h1-10,27-30H,11-24H2,(H,33,36)/t27?,28?,29?,30-,32?/m1/s1. The third-order valence-corrected chi connectivity index (χ3v) is 9.48. The van der Waals surface area contributed by atoms with E-state index in [1.165, 1.54) is 30.4 Å². The van der Waals surface area contributed by atoms with Gasteiger partial charge in [0.1, 0.15) is 0 Å². The second-order valence-electron chi connectivity index (χ2n) is 12.4. The van der Waals surface area contributed by atoms with E-state index in [0.29, 0.717) is 19.1 Å². The number of nitrogens with zero attached hydrogens (tertiary/aromatic N) is 2. The average Bonchev–Trinajstić information content (AvgIpc) is 2.90. The van der Waals surface area contributed by atoms with Crippen LogP contribution in [0.4, 0.5) is 0 Å². The van der Waals surface area contributed by atoms with Crippen LogP contribution >= 0.6 is 0 Å². The number of nitrogens with one attached hydrogen (secondary N) is 1. The average molecular weight is 502 g/mol. The summed E-state index contributed by atoms with van der Waals surface area (Å²) in [6.07, 6.45) is 7.43. The summed E-state index contributed by atoms with van der Waals surface area (Å²) in [5.74, 6) is 2.66. The van der Waals surface area contributed by atoms with E-state index in [0.717, 1.165) is 76.3 Å². The van der Waals surface area contributed by atoms with Crippen molar-refractivity contribution in [1.82, 2.24) is 15.1 Å². The van der Waals surface area contributed by atoms with Crippen LogP contribution in [0, 0.1) is 23.2 Å². The molecular formula is C32H43N3O2. The maximum Gasteiger partial charge on any atom is 0.226 e. The molecule has 2 aromatic rings. The Kier molecular flexibility index (Phi) is 7.64. The molecule has 4 saturated carbocycles. The number of amides is 1. The highest BCUT2D eigenvalue weighted by Gasteiger charge is 2.54. The molecule has 4 aliphatic carbocycles. The largest absolute Gasteiger partial charge is 0.375 e. The predicted molar refractivity (Wildman–Crippen MR) is 147 cm³/mol. The molecule has 5 nitrogen and oxygen atoms in total. The fourth-order valence-corrected chi connectivity index (χ4v) is 8.04. The number of carbonyl (C=O) groups excluding carboxylic acids is 1. The number of rotatable bonds is 10. The summed E-state index contributed by atoms with van der Waals surface area (Å²) in [5, 5.41) is 3.54. The number of hydrogen-bond donors (Lipinski definition) is 1. The number of hydrogen-bond acceptors (Lipinski definition) is 4. The van der Waals surface area contributed by atoms with Gasteiger partial charge in [-0.15, -0.1) is 0 Å². The first-order chi connectivity index (χ1) is 18.1. The van der Waals surface area contributed by atoms with Crippen molar-refractivity contribution in [1.29, 1.82) is 0 Å². The summed E-state index contributed by atoms with van der Waals surface area (Å²) < 4.78 is 6.19. The molecule has 1 saturated heterocycles. The number of ether oxygens (including phenoxy) is 1. The lowest BCUT2D eigenvalue weighted by Gasteiger charge is -2.56. The molecule has 198 valence electrons. The molecule has 0 aromatic heterocycles. The van der Waals surface area contributed by atoms with Crippen LogP contribution in [-0.4, -0.2) is 61.1 Å². The lowest BCUT2D eigenvalue weighted by Crippen LogP contribution is -2.58. The van der Waals surface area contributed by atoms with Crippen LogP contribution in [0.15, 0.2) is 60.7 Å². The SMILES string of the molecule is O=C(N[C@@H](COCc1ccccc1)CN1CCN(Cc2ccccc2)CC1)C12CC3CC(CC(C3)C1)C2. The summed E-state index contributed by atoms with van der Waals surface area (Å²) in [5.41, 5.74) is 2.45. The molecule has 1 heterocycles. The van der Waals surface area contributed by atoms with Gasteiger partial charge in [-0.2, -0.15) is 0 Å². The van der Waals surface area contributed by atoms with Crippen molar-refractivity contribution in [3.05, 3.63) is 71.8 Å². The third kappa shape index (κ3) is 6.10. The third-order valence-electron chi connectivity index (χ3n) is 9.48. The van der Waals surface area contributed by atoms with Gasteiger partial charge in [0, 0.05) is 44.7 Å². The zero-order valence-corrected chi connectivity index (χ0v) is 22.2. The summed E-state index contributed by atoms with van der Waals surface area (Å²) in [4.78, 5) is 18.9. The first-order valence-corrected chi connectivity index (χ1v) is 14.5. The first-order valence-electron chi connectivity index (χ1n) is 14.5. The van der Waals surface area contributed by atoms with E-state index in [4.69, 9.17) is 4.74 Å². The van der Waals surface area contributed by atoms with Gasteiger partial charge in [-0.25, -0.2) is 0 Å². The molecule has 2 aromatic carbocycles. The molecule has 1 atom stereocenters. The Hall–Kier alpha value is -2.21. The van der Waals surface area contributed by atoms with Crippen molar-refractivity contribution >= 4 is 5.91 Å². The van der Waals surface area contributed by atoms with Crippen molar-refractivity contribution < 1.29 is 9.53 Å². The number of benzene rings is 2. The van der Waals surface area contributed by atoms with Gasteiger partial charge in [0.25, 0.3) is 0 Å². The Morgan fingerprint density at radius 1 is 0.811 bits per heavy atom. The van der Waals surface area contributed by atoms with Gasteiger partial charge in [-0.05, 0) is 67.4 Å². The van der Waals surface area contributed by atoms with E-state index in [9.17, 15) is 4.79 Å². The van der Waals surface area contributed by atoms with Crippen LogP contribution < -0.4 is 5.32 Å². The Labute approximate surface area is 222 Å². The normalized spacial score (nSPS) is 30.3. The molecule has 4 bridgehead atoms. The van der Waals surface area contributed by atoms with Crippen LogP contribution in [-0.2, 0) is 22.7 Å². The van der Waals surface area contributed by atoms with Crippen molar-refractivity contribution in [2.24, 2.45) is 23.2 Å². The minimum absolute atomic E-state index is 0.0323. The first kappa shape index (κ1) is 25.1. The van der Waals surface area contributed by atoms with Crippen LogP contribution in [0.2, 0.25) is 0 Å². The fraction of sp³-hybridized carbons (Fsp3) is 0.594. The maximum atomic E-state index is 13.8. The van der Waals surface area contributed by atoms with Crippen molar-refractivity contribution in [2.75, 3.05) is 39.3 Å². The second-order valence-corrected chi connectivity index (χ2v) is 12.4. The predicted octanol–water partition coefficient (Wildman–Crippen LogP) is 4.72. The number of carbonyl (C=O) groups is 1. The maximum absolute atomic E-state index is 13.8. The minimum atomic E-state index is -0.110. The molecular weight excluding hydrogens is 458 g/mol. The van der Waals surface area contributed by atoms with Gasteiger partial charge in [-0.3, -0.25) is 14.6 Å². The molecule has 1 N–H and O–H groups in total. The van der Waals surface area contributed by atoms with Crippen LogP contribution in [0.3, 0.4) is 0 Å². The quantitative estimate of drug-likeness (QED) is 0.512. The molecule has 1 amide bonds. The van der Waals surface area contributed by atoms with Gasteiger partial charge in [0.15, 0.2) is 0 Å². The molecule has 0 unspecified atom stereocenters. The molecule has 0 spiro atoms. The Balaban J connectivity index is 1.06. The summed E-state index contributed by atoms with van der Waals surface area (Å²) in [6.45, 7) is 7.25. The molecule has 0 radical (unpaired) electrons. The molecule has 37 heavy (non-hydrogen) atoms. The minimum Gasteiger partial charge on any atom is -0.375 e. The van der Waals surface area contributed by atoms with E-state index in [1.807, 2.05) is 6.07 Å². The lowest BCUT2D eigenvalue weighted by molar-refractivity contribution is -0.147. The highest BCUT2D eigenvalue weighted by atomic mass is 16.5. The van der Waals surface area contributed by atoms with Crippen LogP contribution in [0.25, 0.3) is 0 Å². The molecule has 5 heteroatoms. The summed E-state index contributed by atoms with van der Waals surface area (Å²) in [6, 6.07) is 21.2. The Morgan fingerprint density at radius 3 is 1.95 bits per heavy atom. The smallest absolute Gasteiger partial charge is 0.226 e. The van der Waals surface area contributed by atoms with Gasteiger partial charge in [0.05, 0.1) is 19.3 Å². The van der Waals surface area contributed by atoms with Crippen molar-refractivity contribution in [3.63, 3.8) is 0 Å². The van der Waals surface area contributed by atoms with Crippen molar-refractivity contribution in [3.8, 4) is 0 Å². The van der Waals surface area contributed by atoms with Crippen LogP contribution in [0.1, 0.15) is 49.7 Å². The van der Waals surface area contributed by atoms with E-state index >= 15 is 0 Å². The van der Waals surface area contributed by atoms with Gasteiger partial charge < -0.3 is 10.1 Å². The zero-order valence-electron chi connectivity index (χ0n) is 22.2. The van der Waals surface area contributed by atoms with E-state index < -0.39 is 0 Å². The van der Waals surface area contributed by atoms with E-state index in [-0.39, 0.29) is 11.5 Å². The lowest BCUT2D eigenvalue weighted by atomic mass is 9.49. The van der Waals surface area contributed by atoms with E-state index in [2.05, 4.69) is 69.7 Å². The van der Waals surface area contributed by atoms with Crippen LogP contribution in [0.5, 0.6) is 0 Å². The van der Waals surface area contributed by atoms with Crippen molar-refractivity contribution in [2.45, 2.75) is 57.7 Å². The summed E-state index contributed by atoms with van der Waals surface area (Å²) >= 11 is 0. The monoisotopic (exact) mass is 501 g/mol. The topological polar surface area (TPSA) is 44.8 Å². The fourth-order valence-electron chi connectivity index (χ4n) is 8.04. The summed E-state index contributed by atoms with van der Waals surface area (Å²) in [7, 11) is 0. The van der Waals surface area contributed by atoms with Gasteiger partial charge in [0.2, 0.25) is 5.91 Å². The highest BCUT2D eigenvalue weighted by molar-refractivity contribution is 5.83. The molecule has 7 rings (SSSR count). The molecule has 1 aliphatic heterocycles. The molecule has 5 fully saturated rings. The molecule has 5 aliphatic rings. The van der Waals surface area contributed by atoms with E-state index in [1.54, 1.807) is 0 Å². The number of piperazine rings is 1. The highest BCUT2D eigenvalue weighted by Crippen LogP contribution is 2.60. The Bertz CT molecular complexity index is 984. The van der Waals surface area contributed by atoms with Gasteiger partial charge >= 0.3 is 0 Å². The zero-order chi connectivity index (χ0) is 25.1. The Morgan fingerprint density at radius 2 is 1.35 bits per heavy atom. The van der Waals surface area contributed by atoms with Gasteiger partial charge in [-0.1, -0.05) is 60.7 Å². The second kappa shape index (κ2) is 11.3.